The SMILES string of the molecule is COc1ccc(C(=O)C(C)Cn2ccnc2C)c2c1CCCC2.Cl. The molecule has 1 aromatic carbocycles. The lowest BCUT2D eigenvalue weighted by atomic mass is 9.84. The summed E-state index contributed by atoms with van der Waals surface area (Å²) in [6.45, 7) is 4.64. The molecule has 1 atom stereocenters. The molecule has 1 aliphatic carbocycles. The van der Waals surface area contributed by atoms with Gasteiger partial charge in [0.1, 0.15) is 11.6 Å². The van der Waals surface area contributed by atoms with Gasteiger partial charge in [-0.15, -0.1) is 12.4 Å². The Bertz CT molecular complexity index is 724. The van der Waals surface area contributed by atoms with E-state index in [0.29, 0.717) is 6.54 Å². The number of aromatic nitrogens is 2. The van der Waals surface area contributed by atoms with Crippen molar-refractivity contribution in [3.05, 3.63) is 47.0 Å². The number of benzene rings is 1. The molecule has 2 aromatic rings. The molecule has 0 fully saturated rings. The number of nitrogens with zero attached hydrogens (tertiary/aromatic N) is 2. The fraction of sp³-hybridized carbons (Fsp3) is 0.474. The summed E-state index contributed by atoms with van der Waals surface area (Å²) in [4.78, 5) is 17.2. The van der Waals surface area contributed by atoms with Gasteiger partial charge >= 0.3 is 0 Å². The molecule has 1 unspecified atom stereocenters. The van der Waals surface area contributed by atoms with Crippen LogP contribution < -0.4 is 4.74 Å². The monoisotopic (exact) mass is 348 g/mol. The summed E-state index contributed by atoms with van der Waals surface area (Å²) in [5.41, 5.74) is 3.32. The van der Waals surface area contributed by atoms with Crippen LogP contribution in [-0.4, -0.2) is 22.4 Å². The van der Waals surface area contributed by atoms with Crippen LogP contribution in [0.2, 0.25) is 0 Å². The quantitative estimate of drug-likeness (QED) is 0.766. The summed E-state index contributed by atoms with van der Waals surface area (Å²) in [6, 6.07) is 3.90. The summed E-state index contributed by atoms with van der Waals surface area (Å²) >= 11 is 0. The maximum atomic E-state index is 13.0. The smallest absolute Gasteiger partial charge is 0.167 e. The Labute approximate surface area is 149 Å². The molecular formula is C19H25ClN2O2. The lowest BCUT2D eigenvalue weighted by molar-refractivity contribution is 0.0916. The lowest BCUT2D eigenvalue weighted by Crippen LogP contribution is -2.21. The summed E-state index contributed by atoms with van der Waals surface area (Å²) in [7, 11) is 1.70. The number of halogens is 1. The van der Waals surface area contributed by atoms with Crippen LogP contribution in [0.25, 0.3) is 0 Å². The average Bonchev–Trinajstić information content (AvgIpc) is 2.98. The molecule has 5 heteroatoms. The van der Waals surface area contributed by atoms with Crippen molar-refractivity contribution in [2.24, 2.45) is 5.92 Å². The number of carbonyl (C=O) groups excluding carboxylic acids is 1. The molecule has 1 aromatic heterocycles. The van der Waals surface area contributed by atoms with Crippen LogP contribution >= 0.6 is 12.4 Å². The predicted octanol–water partition coefficient (Wildman–Crippen LogP) is 4.02. The van der Waals surface area contributed by atoms with Crippen molar-refractivity contribution >= 4 is 18.2 Å². The first-order valence-electron chi connectivity index (χ1n) is 8.32. The van der Waals surface area contributed by atoms with Crippen LogP contribution in [-0.2, 0) is 19.4 Å². The highest BCUT2D eigenvalue weighted by molar-refractivity contribution is 5.99. The molecule has 0 N–H and O–H groups in total. The Kier molecular flexibility index (Phi) is 6.05. The molecular weight excluding hydrogens is 324 g/mol. The van der Waals surface area contributed by atoms with Crippen LogP contribution in [0.1, 0.15) is 47.1 Å². The topological polar surface area (TPSA) is 44.1 Å². The molecule has 0 saturated carbocycles. The Balaban J connectivity index is 0.00000208. The number of methoxy groups -OCH3 is 1. The summed E-state index contributed by atoms with van der Waals surface area (Å²) in [5.74, 6) is 2.02. The van der Waals surface area contributed by atoms with E-state index in [-0.39, 0.29) is 24.1 Å². The highest BCUT2D eigenvalue weighted by Gasteiger charge is 2.24. The van der Waals surface area contributed by atoms with Gasteiger partial charge < -0.3 is 9.30 Å². The molecule has 4 nitrogen and oxygen atoms in total. The van der Waals surface area contributed by atoms with Gasteiger partial charge in [-0.05, 0) is 55.9 Å². The first-order valence-corrected chi connectivity index (χ1v) is 8.32. The largest absolute Gasteiger partial charge is 0.496 e. The zero-order chi connectivity index (χ0) is 16.4. The standard InChI is InChI=1S/C19H24N2O2.ClH/c1-13(12-21-11-10-20-14(21)2)19(22)17-8-9-18(23-3)16-7-5-4-6-15(16)17;/h8-11,13H,4-7,12H2,1-3H3;1H. The van der Waals surface area contributed by atoms with Crippen LogP contribution in [0.15, 0.2) is 24.5 Å². The maximum absolute atomic E-state index is 13.0. The molecule has 0 radical (unpaired) electrons. The van der Waals surface area contributed by atoms with Gasteiger partial charge in [0.25, 0.3) is 0 Å². The van der Waals surface area contributed by atoms with Crippen molar-refractivity contribution in [1.29, 1.82) is 0 Å². The van der Waals surface area contributed by atoms with Crippen molar-refractivity contribution in [3.8, 4) is 5.75 Å². The molecule has 3 rings (SSSR count). The minimum Gasteiger partial charge on any atom is -0.496 e. The Hall–Kier alpha value is -1.81. The first-order chi connectivity index (χ1) is 11.1. The van der Waals surface area contributed by atoms with E-state index in [1.54, 1.807) is 13.3 Å². The number of fused-ring (bicyclic) bond motifs is 1. The number of aryl methyl sites for hydroxylation is 1. The van der Waals surface area contributed by atoms with E-state index in [9.17, 15) is 4.79 Å². The van der Waals surface area contributed by atoms with Gasteiger partial charge in [0.15, 0.2) is 5.78 Å². The molecule has 0 spiro atoms. The van der Waals surface area contributed by atoms with Crippen molar-refractivity contribution < 1.29 is 9.53 Å². The zero-order valence-corrected chi connectivity index (χ0v) is 15.4. The second-order valence-corrected chi connectivity index (χ2v) is 6.37. The molecule has 24 heavy (non-hydrogen) atoms. The van der Waals surface area contributed by atoms with Crippen LogP contribution in [0.4, 0.5) is 0 Å². The normalized spacial score (nSPS) is 14.5. The summed E-state index contributed by atoms with van der Waals surface area (Å²) in [5, 5.41) is 0. The number of hydrogen-bond acceptors (Lipinski definition) is 3. The van der Waals surface area contributed by atoms with E-state index >= 15 is 0 Å². The molecule has 1 heterocycles. The van der Waals surface area contributed by atoms with E-state index in [1.807, 2.05) is 36.7 Å². The summed E-state index contributed by atoms with van der Waals surface area (Å²) in [6.07, 6.45) is 8.02. The van der Waals surface area contributed by atoms with E-state index < -0.39 is 0 Å². The Morgan fingerprint density at radius 2 is 2.00 bits per heavy atom. The van der Waals surface area contributed by atoms with Crippen molar-refractivity contribution in [2.45, 2.75) is 46.1 Å². The van der Waals surface area contributed by atoms with Gasteiger partial charge in [-0.2, -0.15) is 0 Å². The average molecular weight is 349 g/mol. The minimum absolute atomic E-state index is 0. The third-order valence-electron chi connectivity index (χ3n) is 4.82. The number of ether oxygens (including phenoxy) is 1. The summed E-state index contributed by atoms with van der Waals surface area (Å²) < 4.78 is 7.53. The first kappa shape index (κ1) is 18.5. The highest BCUT2D eigenvalue weighted by atomic mass is 35.5. The van der Waals surface area contributed by atoms with E-state index in [1.165, 1.54) is 17.5 Å². The fourth-order valence-electron chi connectivity index (χ4n) is 3.50. The maximum Gasteiger partial charge on any atom is 0.167 e. The van der Waals surface area contributed by atoms with Gasteiger partial charge in [-0.3, -0.25) is 4.79 Å². The van der Waals surface area contributed by atoms with Gasteiger partial charge in [0, 0.05) is 30.4 Å². The number of Topliss-reactive ketones (excluding diaryl/α,β-unsaturated/α-hetero) is 1. The Morgan fingerprint density at radius 3 is 2.62 bits per heavy atom. The number of ketones is 1. The Morgan fingerprint density at radius 1 is 1.29 bits per heavy atom. The minimum atomic E-state index is -0.0673. The second kappa shape index (κ2) is 7.84. The van der Waals surface area contributed by atoms with Gasteiger partial charge in [0.2, 0.25) is 0 Å². The van der Waals surface area contributed by atoms with Crippen molar-refractivity contribution in [2.75, 3.05) is 7.11 Å². The number of imidazole rings is 1. The van der Waals surface area contributed by atoms with Crippen LogP contribution in [0, 0.1) is 12.8 Å². The van der Waals surface area contributed by atoms with Gasteiger partial charge in [0.05, 0.1) is 7.11 Å². The third kappa shape index (κ3) is 3.48. The van der Waals surface area contributed by atoms with Crippen molar-refractivity contribution in [1.82, 2.24) is 9.55 Å². The van der Waals surface area contributed by atoms with Crippen LogP contribution in [0.3, 0.4) is 0 Å². The van der Waals surface area contributed by atoms with Gasteiger partial charge in [-0.1, -0.05) is 6.92 Å². The molecule has 0 amide bonds. The molecule has 130 valence electrons. The molecule has 1 aliphatic rings. The predicted molar refractivity (Wildman–Crippen MR) is 97.3 cm³/mol. The fourth-order valence-corrected chi connectivity index (χ4v) is 3.50. The molecule has 0 bridgehead atoms. The number of rotatable bonds is 5. The number of carbonyl (C=O) groups is 1. The lowest BCUT2D eigenvalue weighted by Gasteiger charge is -2.23. The zero-order valence-electron chi connectivity index (χ0n) is 14.5. The van der Waals surface area contributed by atoms with Crippen molar-refractivity contribution in [3.63, 3.8) is 0 Å². The van der Waals surface area contributed by atoms with Gasteiger partial charge in [-0.25, -0.2) is 4.98 Å². The van der Waals surface area contributed by atoms with E-state index in [0.717, 1.165) is 36.4 Å². The number of hydrogen-bond donors (Lipinski definition) is 0. The molecule has 0 saturated heterocycles. The van der Waals surface area contributed by atoms with Crippen LogP contribution in [0.5, 0.6) is 5.75 Å². The van der Waals surface area contributed by atoms with E-state index in [2.05, 4.69) is 4.98 Å². The van der Waals surface area contributed by atoms with E-state index in [4.69, 9.17) is 4.74 Å². The third-order valence-corrected chi connectivity index (χ3v) is 4.82. The second-order valence-electron chi connectivity index (χ2n) is 6.37. The molecule has 0 aliphatic heterocycles. The highest BCUT2D eigenvalue weighted by Crippen LogP contribution is 2.33.